The number of sulfonamides is 1. The van der Waals surface area contributed by atoms with Gasteiger partial charge in [0.25, 0.3) is 10.0 Å². The van der Waals surface area contributed by atoms with Crippen LogP contribution in [0.15, 0.2) is 21.7 Å². The summed E-state index contributed by atoms with van der Waals surface area (Å²) in [6.07, 6.45) is 4.35. The molecule has 0 unspecified atom stereocenters. The molecule has 9 heteroatoms. The van der Waals surface area contributed by atoms with E-state index in [4.69, 9.17) is 0 Å². The summed E-state index contributed by atoms with van der Waals surface area (Å²) >= 11 is 1.13. The average molecular weight is 388 g/mol. The standard InChI is InChI=1S/C16H25N3O4S2/c1-18(25(22,23)16-8-5-12-24-16)13-14(20)17-9-6-11-19-10-4-2-3-7-15(19)21/h5,8,12H,2-4,6-7,9-11,13H2,1H3,(H,17,20). The molecule has 7 nitrogen and oxygen atoms in total. The summed E-state index contributed by atoms with van der Waals surface area (Å²) in [4.78, 5) is 25.7. The van der Waals surface area contributed by atoms with Gasteiger partial charge in [-0.2, -0.15) is 4.31 Å². The van der Waals surface area contributed by atoms with Crippen molar-refractivity contribution in [1.82, 2.24) is 14.5 Å². The Morgan fingerprint density at radius 2 is 2.16 bits per heavy atom. The first-order chi connectivity index (χ1) is 11.9. The highest BCUT2D eigenvalue weighted by Crippen LogP contribution is 2.19. The fourth-order valence-electron chi connectivity index (χ4n) is 2.68. The van der Waals surface area contributed by atoms with E-state index in [0.717, 1.165) is 41.4 Å². The molecule has 0 spiro atoms. The van der Waals surface area contributed by atoms with E-state index >= 15 is 0 Å². The normalized spacial score (nSPS) is 16.1. The second-order valence-corrected chi connectivity index (χ2v) is 9.31. The highest BCUT2D eigenvalue weighted by Gasteiger charge is 2.23. The van der Waals surface area contributed by atoms with Crippen LogP contribution in [0.4, 0.5) is 0 Å². The van der Waals surface area contributed by atoms with Crippen LogP contribution in [-0.4, -0.2) is 62.7 Å². The molecule has 0 aliphatic carbocycles. The van der Waals surface area contributed by atoms with Gasteiger partial charge in [-0.05, 0) is 30.7 Å². The minimum atomic E-state index is -3.61. The molecule has 0 saturated carbocycles. The van der Waals surface area contributed by atoms with Crippen LogP contribution in [0.2, 0.25) is 0 Å². The van der Waals surface area contributed by atoms with Crippen molar-refractivity contribution in [3.8, 4) is 0 Å². The number of rotatable bonds is 8. The van der Waals surface area contributed by atoms with Gasteiger partial charge >= 0.3 is 0 Å². The van der Waals surface area contributed by atoms with Crippen molar-refractivity contribution in [2.45, 2.75) is 36.3 Å². The molecule has 2 rings (SSSR count). The summed E-state index contributed by atoms with van der Waals surface area (Å²) in [6.45, 7) is 1.62. The van der Waals surface area contributed by atoms with Gasteiger partial charge in [0.1, 0.15) is 4.21 Å². The van der Waals surface area contributed by atoms with Crippen molar-refractivity contribution in [1.29, 1.82) is 0 Å². The van der Waals surface area contributed by atoms with Crippen LogP contribution in [-0.2, 0) is 19.6 Å². The molecule has 1 N–H and O–H groups in total. The molecule has 1 aliphatic rings. The average Bonchev–Trinajstić information content (AvgIpc) is 3.04. The zero-order valence-corrected chi connectivity index (χ0v) is 16.1. The van der Waals surface area contributed by atoms with E-state index in [1.165, 1.54) is 13.1 Å². The molecule has 2 heterocycles. The minimum Gasteiger partial charge on any atom is -0.355 e. The zero-order chi connectivity index (χ0) is 18.3. The number of amides is 2. The van der Waals surface area contributed by atoms with Gasteiger partial charge in [-0.15, -0.1) is 11.3 Å². The van der Waals surface area contributed by atoms with Crippen molar-refractivity contribution < 1.29 is 18.0 Å². The van der Waals surface area contributed by atoms with Gasteiger partial charge in [0, 0.05) is 33.1 Å². The lowest BCUT2D eigenvalue weighted by atomic mass is 10.2. The third-order valence-corrected chi connectivity index (χ3v) is 7.30. The molecule has 1 fully saturated rings. The lowest BCUT2D eigenvalue weighted by Gasteiger charge is -2.20. The molecule has 25 heavy (non-hydrogen) atoms. The van der Waals surface area contributed by atoms with Gasteiger partial charge in [0.05, 0.1) is 6.54 Å². The number of carbonyl (C=O) groups excluding carboxylic acids is 2. The quantitative estimate of drug-likeness (QED) is 0.681. The molecule has 0 bridgehead atoms. The monoisotopic (exact) mass is 387 g/mol. The lowest BCUT2D eigenvalue weighted by Crippen LogP contribution is -2.39. The molecular formula is C16H25N3O4S2. The van der Waals surface area contributed by atoms with Crippen LogP contribution >= 0.6 is 11.3 Å². The van der Waals surface area contributed by atoms with E-state index in [-0.39, 0.29) is 22.6 Å². The predicted octanol–water partition coefficient (Wildman–Crippen LogP) is 1.28. The van der Waals surface area contributed by atoms with Gasteiger partial charge in [0.2, 0.25) is 11.8 Å². The highest BCUT2D eigenvalue weighted by molar-refractivity contribution is 7.91. The van der Waals surface area contributed by atoms with Crippen LogP contribution in [0.1, 0.15) is 32.1 Å². The van der Waals surface area contributed by atoms with Crippen molar-refractivity contribution in [3.63, 3.8) is 0 Å². The Morgan fingerprint density at radius 3 is 2.88 bits per heavy atom. The Bertz CT molecular complexity index is 674. The van der Waals surface area contributed by atoms with Crippen molar-refractivity contribution in [2.75, 3.05) is 33.2 Å². The van der Waals surface area contributed by atoms with E-state index in [2.05, 4.69) is 5.32 Å². The highest BCUT2D eigenvalue weighted by atomic mass is 32.2. The lowest BCUT2D eigenvalue weighted by molar-refractivity contribution is -0.130. The van der Waals surface area contributed by atoms with Crippen LogP contribution in [0.25, 0.3) is 0 Å². The van der Waals surface area contributed by atoms with Gasteiger partial charge in [-0.3, -0.25) is 9.59 Å². The fraction of sp³-hybridized carbons (Fsp3) is 0.625. The molecule has 2 amide bonds. The van der Waals surface area contributed by atoms with Gasteiger partial charge in [-0.1, -0.05) is 12.5 Å². The molecule has 1 aromatic rings. The summed E-state index contributed by atoms with van der Waals surface area (Å²) in [7, 11) is -2.22. The Labute approximate surface area is 153 Å². The zero-order valence-electron chi connectivity index (χ0n) is 14.4. The number of likely N-dealkylation sites (N-methyl/N-ethyl adjacent to an activating group) is 1. The first-order valence-corrected chi connectivity index (χ1v) is 10.8. The minimum absolute atomic E-state index is 0.186. The number of thiophene rings is 1. The van der Waals surface area contributed by atoms with E-state index in [9.17, 15) is 18.0 Å². The van der Waals surface area contributed by atoms with E-state index in [1.54, 1.807) is 11.4 Å². The number of carbonyl (C=O) groups is 2. The summed E-state index contributed by atoms with van der Waals surface area (Å²) in [5.74, 6) is -0.157. The first kappa shape index (κ1) is 19.9. The third-order valence-electron chi connectivity index (χ3n) is 4.12. The van der Waals surface area contributed by atoms with Crippen molar-refractivity contribution in [3.05, 3.63) is 17.5 Å². The maximum atomic E-state index is 12.2. The van der Waals surface area contributed by atoms with Gasteiger partial charge in [-0.25, -0.2) is 8.42 Å². The smallest absolute Gasteiger partial charge is 0.252 e. The third kappa shape index (κ3) is 5.79. The number of likely N-dealkylation sites (tertiary alicyclic amines) is 1. The Morgan fingerprint density at radius 1 is 1.36 bits per heavy atom. The van der Waals surface area contributed by atoms with E-state index < -0.39 is 10.0 Å². The van der Waals surface area contributed by atoms with Crippen molar-refractivity contribution >= 4 is 33.2 Å². The Balaban J connectivity index is 1.71. The molecule has 140 valence electrons. The molecule has 0 radical (unpaired) electrons. The number of hydrogen-bond acceptors (Lipinski definition) is 5. The summed E-state index contributed by atoms with van der Waals surface area (Å²) in [5, 5.41) is 4.41. The number of nitrogens with zero attached hydrogens (tertiary/aromatic N) is 2. The second-order valence-electron chi connectivity index (χ2n) is 6.09. The molecular weight excluding hydrogens is 362 g/mol. The van der Waals surface area contributed by atoms with Crippen LogP contribution in [0, 0.1) is 0 Å². The van der Waals surface area contributed by atoms with Crippen LogP contribution < -0.4 is 5.32 Å². The van der Waals surface area contributed by atoms with Crippen LogP contribution in [0.3, 0.4) is 0 Å². The van der Waals surface area contributed by atoms with Crippen LogP contribution in [0.5, 0.6) is 0 Å². The van der Waals surface area contributed by atoms with Gasteiger partial charge < -0.3 is 10.2 Å². The fourth-order valence-corrected chi connectivity index (χ4v) is 5.01. The molecule has 1 aromatic heterocycles. The largest absolute Gasteiger partial charge is 0.355 e. The summed E-state index contributed by atoms with van der Waals surface area (Å²) in [6, 6.07) is 3.18. The Kier molecular flexibility index (Phi) is 7.39. The maximum Gasteiger partial charge on any atom is 0.252 e. The topological polar surface area (TPSA) is 86.8 Å². The molecule has 1 aliphatic heterocycles. The molecule has 1 saturated heterocycles. The number of hydrogen-bond donors (Lipinski definition) is 1. The molecule has 0 aromatic carbocycles. The summed E-state index contributed by atoms with van der Waals surface area (Å²) in [5.41, 5.74) is 0. The SMILES string of the molecule is CN(CC(=O)NCCCN1CCCCCC1=O)S(=O)(=O)c1cccs1. The Hall–Kier alpha value is -1.45. The second kappa shape index (κ2) is 9.30. The molecule has 0 atom stereocenters. The first-order valence-electron chi connectivity index (χ1n) is 8.45. The summed E-state index contributed by atoms with van der Waals surface area (Å²) < 4.78 is 25.8. The van der Waals surface area contributed by atoms with E-state index in [0.29, 0.717) is 25.9 Å². The maximum absolute atomic E-state index is 12.2. The van der Waals surface area contributed by atoms with E-state index in [1.807, 2.05) is 4.90 Å². The van der Waals surface area contributed by atoms with Gasteiger partial charge in [0.15, 0.2) is 0 Å². The predicted molar refractivity (Wildman–Crippen MR) is 96.8 cm³/mol. The van der Waals surface area contributed by atoms with Crippen molar-refractivity contribution in [2.24, 2.45) is 0 Å². The number of nitrogens with one attached hydrogen (secondary N) is 1.